The molecule has 0 aliphatic carbocycles. The fourth-order valence-electron chi connectivity index (χ4n) is 1.94. The summed E-state index contributed by atoms with van der Waals surface area (Å²) in [4.78, 5) is 4.26. The summed E-state index contributed by atoms with van der Waals surface area (Å²) in [7, 11) is 1.74. The minimum atomic E-state index is -0.203. The SMILES string of the molecule is CCC(CC)(OC)C(N)Cc1nccs1. The van der Waals surface area contributed by atoms with Crippen molar-refractivity contribution >= 4 is 11.3 Å². The molecule has 0 aromatic carbocycles. The van der Waals surface area contributed by atoms with Crippen molar-refractivity contribution in [2.24, 2.45) is 5.73 Å². The van der Waals surface area contributed by atoms with Gasteiger partial charge in [-0.25, -0.2) is 4.98 Å². The third-order valence-electron chi connectivity index (χ3n) is 3.16. The van der Waals surface area contributed by atoms with E-state index < -0.39 is 0 Å². The Morgan fingerprint density at radius 1 is 1.53 bits per heavy atom. The molecule has 1 unspecified atom stereocenters. The van der Waals surface area contributed by atoms with Gasteiger partial charge >= 0.3 is 0 Å². The van der Waals surface area contributed by atoms with E-state index in [0.29, 0.717) is 0 Å². The summed E-state index contributed by atoms with van der Waals surface area (Å²) in [5.41, 5.74) is 6.01. The molecular formula is C11H20N2OS. The molecule has 3 nitrogen and oxygen atoms in total. The summed E-state index contributed by atoms with van der Waals surface area (Å²) >= 11 is 1.65. The first-order valence-corrected chi connectivity index (χ1v) is 6.25. The molecule has 0 spiro atoms. The van der Waals surface area contributed by atoms with E-state index in [4.69, 9.17) is 10.5 Å². The number of hydrogen-bond donors (Lipinski definition) is 1. The Morgan fingerprint density at radius 2 is 2.20 bits per heavy atom. The van der Waals surface area contributed by atoms with Crippen LogP contribution < -0.4 is 5.73 Å². The maximum atomic E-state index is 6.22. The Labute approximate surface area is 95.7 Å². The Bertz CT molecular complexity index is 262. The summed E-state index contributed by atoms with van der Waals surface area (Å²) in [6.45, 7) is 4.24. The van der Waals surface area contributed by atoms with Gasteiger partial charge in [0, 0.05) is 31.1 Å². The monoisotopic (exact) mass is 228 g/mol. The molecular weight excluding hydrogens is 208 g/mol. The van der Waals surface area contributed by atoms with Gasteiger partial charge in [0.05, 0.1) is 10.6 Å². The van der Waals surface area contributed by atoms with Gasteiger partial charge in [-0.1, -0.05) is 13.8 Å². The lowest BCUT2D eigenvalue weighted by Gasteiger charge is -2.35. The highest BCUT2D eigenvalue weighted by Gasteiger charge is 2.33. The number of aromatic nitrogens is 1. The van der Waals surface area contributed by atoms with Crippen LogP contribution in [0.4, 0.5) is 0 Å². The lowest BCUT2D eigenvalue weighted by molar-refractivity contribution is -0.0374. The van der Waals surface area contributed by atoms with Gasteiger partial charge in [0.15, 0.2) is 0 Å². The Hall–Kier alpha value is -0.450. The molecule has 0 aliphatic heterocycles. The molecule has 4 heteroatoms. The molecule has 2 N–H and O–H groups in total. The summed E-state index contributed by atoms with van der Waals surface area (Å²) < 4.78 is 5.60. The van der Waals surface area contributed by atoms with E-state index in [9.17, 15) is 0 Å². The third kappa shape index (κ3) is 2.77. The van der Waals surface area contributed by atoms with Gasteiger partial charge in [-0.2, -0.15) is 0 Å². The van der Waals surface area contributed by atoms with Crippen molar-refractivity contribution in [2.45, 2.75) is 44.8 Å². The molecule has 0 radical (unpaired) electrons. The average Bonchev–Trinajstić information content (AvgIpc) is 2.74. The van der Waals surface area contributed by atoms with Crippen molar-refractivity contribution in [3.05, 3.63) is 16.6 Å². The number of ether oxygens (including phenoxy) is 1. The zero-order valence-corrected chi connectivity index (χ0v) is 10.5. The second-order valence-electron chi connectivity index (χ2n) is 3.71. The summed E-state index contributed by atoms with van der Waals surface area (Å²) in [5, 5.41) is 3.07. The number of hydrogen-bond acceptors (Lipinski definition) is 4. The van der Waals surface area contributed by atoms with E-state index >= 15 is 0 Å². The molecule has 1 rings (SSSR count). The van der Waals surface area contributed by atoms with Crippen molar-refractivity contribution in [1.82, 2.24) is 4.98 Å². The standard InChI is InChI=1S/C11H20N2OS/c1-4-11(5-2,14-3)9(12)8-10-13-6-7-15-10/h6-7,9H,4-5,8,12H2,1-3H3. The smallest absolute Gasteiger partial charge is 0.0941 e. The van der Waals surface area contributed by atoms with Crippen LogP contribution in [-0.4, -0.2) is 23.7 Å². The fourth-order valence-corrected chi connectivity index (χ4v) is 2.62. The molecule has 0 saturated carbocycles. The molecule has 1 heterocycles. The number of rotatable bonds is 6. The van der Waals surface area contributed by atoms with E-state index in [1.807, 2.05) is 11.6 Å². The molecule has 0 aliphatic rings. The Kier molecular flexibility index (Phi) is 4.70. The van der Waals surface area contributed by atoms with Crippen LogP contribution in [0, 0.1) is 0 Å². The molecule has 0 saturated heterocycles. The first-order chi connectivity index (χ1) is 7.18. The third-order valence-corrected chi connectivity index (χ3v) is 3.96. The van der Waals surface area contributed by atoms with Gasteiger partial charge in [0.25, 0.3) is 0 Å². The predicted octanol–water partition coefficient (Wildman–Crippen LogP) is 2.22. The van der Waals surface area contributed by atoms with Gasteiger partial charge in [0.1, 0.15) is 0 Å². The van der Waals surface area contributed by atoms with Gasteiger partial charge in [-0.3, -0.25) is 0 Å². The van der Waals surface area contributed by atoms with Gasteiger partial charge < -0.3 is 10.5 Å². The predicted molar refractivity (Wildman–Crippen MR) is 64.1 cm³/mol. The summed E-state index contributed by atoms with van der Waals surface area (Å²) in [6, 6.07) is 0.0173. The number of nitrogens with two attached hydrogens (primary N) is 1. The largest absolute Gasteiger partial charge is 0.377 e. The average molecular weight is 228 g/mol. The highest BCUT2D eigenvalue weighted by atomic mass is 32.1. The highest BCUT2D eigenvalue weighted by Crippen LogP contribution is 2.25. The molecule has 0 bridgehead atoms. The van der Waals surface area contributed by atoms with Crippen molar-refractivity contribution in [3.63, 3.8) is 0 Å². The van der Waals surface area contributed by atoms with E-state index in [1.165, 1.54) is 0 Å². The normalized spacial score (nSPS) is 14.1. The number of thiazole rings is 1. The zero-order valence-electron chi connectivity index (χ0n) is 9.69. The first-order valence-electron chi connectivity index (χ1n) is 5.37. The van der Waals surface area contributed by atoms with Crippen molar-refractivity contribution in [3.8, 4) is 0 Å². The second-order valence-corrected chi connectivity index (χ2v) is 4.69. The van der Waals surface area contributed by atoms with Gasteiger partial charge in [0.2, 0.25) is 0 Å². The van der Waals surface area contributed by atoms with Crippen LogP contribution in [0.2, 0.25) is 0 Å². The Morgan fingerprint density at radius 3 is 2.60 bits per heavy atom. The fraction of sp³-hybridized carbons (Fsp3) is 0.727. The lowest BCUT2D eigenvalue weighted by Crippen LogP contribution is -2.50. The Balaban J connectivity index is 2.68. The molecule has 86 valence electrons. The van der Waals surface area contributed by atoms with E-state index in [0.717, 1.165) is 24.3 Å². The molecule has 1 atom stereocenters. The van der Waals surface area contributed by atoms with Crippen LogP contribution in [0.25, 0.3) is 0 Å². The van der Waals surface area contributed by atoms with E-state index in [2.05, 4.69) is 18.8 Å². The number of methoxy groups -OCH3 is 1. The molecule has 15 heavy (non-hydrogen) atoms. The van der Waals surface area contributed by atoms with Crippen molar-refractivity contribution in [2.75, 3.05) is 7.11 Å². The van der Waals surface area contributed by atoms with Crippen LogP contribution >= 0.6 is 11.3 Å². The van der Waals surface area contributed by atoms with Gasteiger partial charge in [-0.15, -0.1) is 11.3 Å². The van der Waals surface area contributed by atoms with E-state index in [1.54, 1.807) is 18.4 Å². The van der Waals surface area contributed by atoms with Crippen LogP contribution in [0.15, 0.2) is 11.6 Å². The molecule has 1 aromatic rings. The summed E-state index contributed by atoms with van der Waals surface area (Å²) in [5.74, 6) is 0. The second kappa shape index (κ2) is 5.58. The summed E-state index contributed by atoms with van der Waals surface area (Å²) in [6.07, 6.45) is 4.49. The molecule has 1 aromatic heterocycles. The maximum absolute atomic E-state index is 6.22. The lowest BCUT2D eigenvalue weighted by atomic mass is 9.87. The minimum Gasteiger partial charge on any atom is -0.377 e. The van der Waals surface area contributed by atoms with Crippen LogP contribution in [0.3, 0.4) is 0 Å². The molecule has 0 amide bonds. The highest BCUT2D eigenvalue weighted by molar-refractivity contribution is 7.09. The van der Waals surface area contributed by atoms with Crippen LogP contribution in [-0.2, 0) is 11.2 Å². The number of nitrogens with zero attached hydrogens (tertiary/aromatic N) is 1. The van der Waals surface area contributed by atoms with Crippen molar-refractivity contribution < 1.29 is 4.74 Å². The van der Waals surface area contributed by atoms with Crippen LogP contribution in [0.5, 0.6) is 0 Å². The first kappa shape index (κ1) is 12.6. The van der Waals surface area contributed by atoms with Crippen LogP contribution in [0.1, 0.15) is 31.7 Å². The topological polar surface area (TPSA) is 48.1 Å². The van der Waals surface area contributed by atoms with E-state index in [-0.39, 0.29) is 11.6 Å². The van der Waals surface area contributed by atoms with Gasteiger partial charge in [-0.05, 0) is 12.8 Å². The minimum absolute atomic E-state index is 0.0173. The zero-order chi connectivity index (χ0) is 11.3. The van der Waals surface area contributed by atoms with Crippen molar-refractivity contribution in [1.29, 1.82) is 0 Å². The maximum Gasteiger partial charge on any atom is 0.0941 e. The quantitative estimate of drug-likeness (QED) is 0.812. The molecule has 0 fully saturated rings.